The summed E-state index contributed by atoms with van der Waals surface area (Å²) in [6.07, 6.45) is 3.53. The molecule has 0 fully saturated rings. The van der Waals surface area contributed by atoms with E-state index in [2.05, 4.69) is 13.5 Å². The Balaban J connectivity index is 0. The molecule has 0 aromatic heterocycles. The Hall–Kier alpha value is -0.0100. The summed E-state index contributed by atoms with van der Waals surface area (Å²) >= 11 is 0. The first-order chi connectivity index (χ1) is 4.18. The first-order valence-electron chi connectivity index (χ1n) is 3.59. The molecular weight excluding hydrogens is 146 g/mol. The minimum Gasteiger partial charge on any atom is -0.324 e. The van der Waals surface area contributed by atoms with Crippen molar-refractivity contribution in [3.8, 4) is 0 Å². The molecule has 0 rings (SSSR count). The van der Waals surface area contributed by atoms with Crippen molar-refractivity contribution in [2.24, 2.45) is 5.73 Å². The Bertz CT molecular complexity index is 91.3. The Kier molecular flexibility index (Phi) is 8.98. The summed E-state index contributed by atoms with van der Waals surface area (Å²) in [7, 11) is 0. The van der Waals surface area contributed by atoms with Gasteiger partial charge in [0.15, 0.2) is 0 Å². The highest BCUT2D eigenvalue weighted by molar-refractivity contribution is 5.85. The van der Waals surface area contributed by atoms with E-state index < -0.39 is 0 Å². The monoisotopic (exact) mass is 163 g/mol. The maximum Gasteiger partial charge on any atom is 0.0248 e. The number of halogens is 1. The van der Waals surface area contributed by atoms with Gasteiger partial charge in [0.2, 0.25) is 0 Å². The van der Waals surface area contributed by atoms with Gasteiger partial charge in [-0.15, -0.1) is 12.4 Å². The third kappa shape index (κ3) is 6.12. The van der Waals surface area contributed by atoms with Crippen molar-refractivity contribution in [1.82, 2.24) is 0 Å². The van der Waals surface area contributed by atoms with Gasteiger partial charge in [-0.05, 0) is 13.3 Å². The molecule has 2 N–H and O–H groups in total. The lowest BCUT2D eigenvalue weighted by Gasteiger charge is -2.08. The second kappa shape index (κ2) is 7.10. The van der Waals surface area contributed by atoms with Crippen molar-refractivity contribution in [3.05, 3.63) is 12.2 Å². The lowest BCUT2D eigenvalue weighted by molar-refractivity contribution is 0.634. The highest BCUT2D eigenvalue weighted by atomic mass is 35.5. The van der Waals surface area contributed by atoms with Crippen LogP contribution in [0.1, 0.15) is 33.1 Å². The average Bonchev–Trinajstić information content (AvgIpc) is 1.82. The molecule has 0 saturated carbocycles. The van der Waals surface area contributed by atoms with E-state index in [0.717, 1.165) is 12.0 Å². The fraction of sp³-hybridized carbons (Fsp3) is 0.750. The zero-order valence-electron chi connectivity index (χ0n) is 6.89. The Labute approximate surface area is 70.1 Å². The molecule has 0 aromatic rings. The molecule has 0 bridgehead atoms. The molecule has 0 heterocycles. The fourth-order valence-electron chi connectivity index (χ4n) is 0.670. The molecule has 0 saturated heterocycles. The molecule has 2 heteroatoms. The van der Waals surface area contributed by atoms with Crippen LogP contribution in [-0.4, -0.2) is 6.04 Å². The van der Waals surface area contributed by atoms with Crippen LogP contribution in [0.5, 0.6) is 0 Å². The van der Waals surface area contributed by atoms with E-state index in [-0.39, 0.29) is 18.4 Å². The van der Waals surface area contributed by atoms with Gasteiger partial charge in [0.25, 0.3) is 0 Å². The Morgan fingerprint density at radius 2 is 2.10 bits per heavy atom. The summed E-state index contributed by atoms with van der Waals surface area (Å²) in [4.78, 5) is 0. The number of hydrogen-bond donors (Lipinski definition) is 1. The molecule has 0 aliphatic heterocycles. The van der Waals surface area contributed by atoms with Gasteiger partial charge in [0.1, 0.15) is 0 Å². The van der Waals surface area contributed by atoms with E-state index in [9.17, 15) is 0 Å². The predicted octanol–water partition coefficient (Wildman–Crippen LogP) is 2.50. The van der Waals surface area contributed by atoms with Gasteiger partial charge in [-0.25, -0.2) is 0 Å². The molecule has 0 aromatic carbocycles. The van der Waals surface area contributed by atoms with Gasteiger partial charge in [0.05, 0.1) is 0 Å². The van der Waals surface area contributed by atoms with E-state index in [1.165, 1.54) is 12.8 Å². The minimum atomic E-state index is 0. The molecule has 0 spiro atoms. The van der Waals surface area contributed by atoms with Gasteiger partial charge in [-0.3, -0.25) is 0 Å². The topological polar surface area (TPSA) is 26.0 Å². The van der Waals surface area contributed by atoms with Crippen molar-refractivity contribution in [3.63, 3.8) is 0 Å². The van der Waals surface area contributed by atoms with Crippen LogP contribution in [0.4, 0.5) is 0 Å². The number of nitrogens with two attached hydrogens (primary N) is 1. The summed E-state index contributed by atoms with van der Waals surface area (Å²) in [6.45, 7) is 7.94. The van der Waals surface area contributed by atoms with E-state index in [0.29, 0.717) is 0 Å². The smallest absolute Gasteiger partial charge is 0.0248 e. The highest BCUT2D eigenvalue weighted by Crippen LogP contribution is 2.04. The Morgan fingerprint density at radius 1 is 1.60 bits per heavy atom. The van der Waals surface area contributed by atoms with Crippen molar-refractivity contribution < 1.29 is 0 Å². The molecular formula is C8H18ClN. The molecule has 0 aliphatic carbocycles. The largest absolute Gasteiger partial charge is 0.324 e. The molecule has 1 atom stereocenters. The van der Waals surface area contributed by atoms with Crippen LogP contribution in [0.2, 0.25) is 0 Å². The number of rotatable bonds is 4. The van der Waals surface area contributed by atoms with Crippen molar-refractivity contribution in [2.75, 3.05) is 0 Å². The molecule has 0 amide bonds. The zero-order valence-corrected chi connectivity index (χ0v) is 7.71. The lowest BCUT2D eigenvalue weighted by atomic mass is 10.1. The predicted molar refractivity (Wildman–Crippen MR) is 49.6 cm³/mol. The van der Waals surface area contributed by atoms with Crippen molar-refractivity contribution >= 4 is 12.4 Å². The van der Waals surface area contributed by atoms with Crippen LogP contribution >= 0.6 is 12.4 Å². The van der Waals surface area contributed by atoms with Gasteiger partial charge in [0, 0.05) is 6.04 Å². The quantitative estimate of drug-likeness (QED) is 0.634. The van der Waals surface area contributed by atoms with E-state index in [1.54, 1.807) is 0 Å². The second-order valence-electron chi connectivity index (χ2n) is 2.60. The maximum absolute atomic E-state index is 5.70. The van der Waals surface area contributed by atoms with Crippen LogP contribution in [0, 0.1) is 0 Å². The standard InChI is InChI=1S/C8H17N.ClH/c1-4-5-6-8(9)7(2)3;/h8H,2,4-6,9H2,1,3H3;1H. The van der Waals surface area contributed by atoms with E-state index in [1.807, 2.05) is 6.92 Å². The van der Waals surface area contributed by atoms with Crippen LogP contribution in [0.25, 0.3) is 0 Å². The first-order valence-corrected chi connectivity index (χ1v) is 3.59. The molecule has 0 aliphatic rings. The van der Waals surface area contributed by atoms with Crippen molar-refractivity contribution in [1.29, 1.82) is 0 Å². The first kappa shape index (κ1) is 12.6. The summed E-state index contributed by atoms with van der Waals surface area (Å²) in [5.74, 6) is 0. The zero-order chi connectivity index (χ0) is 7.28. The summed E-state index contributed by atoms with van der Waals surface area (Å²) < 4.78 is 0. The molecule has 0 radical (unpaired) electrons. The maximum atomic E-state index is 5.70. The van der Waals surface area contributed by atoms with E-state index in [4.69, 9.17) is 5.73 Å². The van der Waals surface area contributed by atoms with Crippen LogP contribution in [0.15, 0.2) is 12.2 Å². The SMILES string of the molecule is C=C(C)C(N)CCCC.Cl. The van der Waals surface area contributed by atoms with Gasteiger partial charge in [-0.2, -0.15) is 0 Å². The number of hydrogen-bond acceptors (Lipinski definition) is 1. The molecule has 10 heavy (non-hydrogen) atoms. The third-order valence-electron chi connectivity index (χ3n) is 1.50. The van der Waals surface area contributed by atoms with Gasteiger partial charge >= 0.3 is 0 Å². The van der Waals surface area contributed by atoms with Crippen LogP contribution in [-0.2, 0) is 0 Å². The minimum absolute atomic E-state index is 0. The van der Waals surface area contributed by atoms with Gasteiger partial charge < -0.3 is 5.73 Å². The highest BCUT2D eigenvalue weighted by Gasteiger charge is 1.99. The summed E-state index contributed by atoms with van der Waals surface area (Å²) in [6, 6.07) is 0.227. The van der Waals surface area contributed by atoms with E-state index >= 15 is 0 Å². The Morgan fingerprint density at radius 3 is 2.40 bits per heavy atom. The number of unbranched alkanes of at least 4 members (excludes halogenated alkanes) is 1. The lowest BCUT2D eigenvalue weighted by Crippen LogP contribution is -2.20. The average molecular weight is 164 g/mol. The fourth-order valence-corrected chi connectivity index (χ4v) is 0.670. The van der Waals surface area contributed by atoms with Gasteiger partial charge in [-0.1, -0.05) is 31.9 Å². The third-order valence-corrected chi connectivity index (χ3v) is 1.50. The molecule has 1 unspecified atom stereocenters. The van der Waals surface area contributed by atoms with Crippen LogP contribution in [0.3, 0.4) is 0 Å². The van der Waals surface area contributed by atoms with Crippen LogP contribution < -0.4 is 5.73 Å². The normalized spacial score (nSPS) is 11.9. The molecule has 1 nitrogen and oxygen atoms in total. The summed E-state index contributed by atoms with van der Waals surface area (Å²) in [5, 5.41) is 0. The second-order valence-corrected chi connectivity index (χ2v) is 2.60. The molecule has 62 valence electrons. The summed E-state index contributed by atoms with van der Waals surface area (Å²) in [5.41, 5.74) is 6.80. The van der Waals surface area contributed by atoms with Crippen molar-refractivity contribution in [2.45, 2.75) is 39.2 Å².